The molecule has 0 saturated heterocycles. The molecule has 4 nitrogen and oxygen atoms in total. The highest BCUT2D eigenvalue weighted by atomic mass is 16.2. The van der Waals surface area contributed by atoms with E-state index >= 15 is 0 Å². The Morgan fingerprint density at radius 1 is 1.33 bits per heavy atom. The lowest BCUT2D eigenvalue weighted by molar-refractivity contribution is -0.120. The average molecular weight is 250 g/mol. The third-order valence-corrected chi connectivity index (χ3v) is 2.93. The zero-order valence-corrected chi connectivity index (χ0v) is 11.3. The van der Waals surface area contributed by atoms with Crippen LogP contribution in [0, 0.1) is 0 Å². The highest BCUT2D eigenvalue weighted by Crippen LogP contribution is 2.11. The Bertz CT molecular complexity index is 374. The van der Waals surface area contributed by atoms with Gasteiger partial charge in [-0.2, -0.15) is 0 Å². The van der Waals surface area contributed by atoms with E-state index in [9.17, 15) is 4.79 Å². The summed E-state index contributed by atoms with van der Waals surface area (Å²) in [5, 5.41) is 11.7. The summed E-state index contributed by atoms with van der Waals surface area (Å²) >= 11 is 0. The first-order valence-corrected chi connectivity index (χ1v) is 6.25. The predicted molar refractivity (Wildman–Crippen MR) is 73.6 cm³/mol. The van der Waals surface area contributed by atoms with Crippen molar-refractivity contribution < 1.29 is 9.90 Å². The minimum absolute atomic E-state index is 0.0115. The van der Waals surface area contributed by atoms with Crippen molar-refractivity contribution in [1.29, 1.82) is 0 Å². The number of benzene rings is 1. The average Bonchev–Trinajstić information content (AvgIpc) is 2.32. The van der Waals surface area contributed by atoms with Crippen LogP contribution in [-0.4, -0.2) is 42.7 Å². The largest absolute Gasteiger partial charge is 0.396 e. The van der Waals surface area contributed by atoms with Crippen LogP contribution in [0.15, 0.2) is 24.3 Å². The second kappa shape index (κ2) is 7.13. The van der Waals surface area contributed by atoms with Gasteiger partial charge < -0.3 is 10.4 Å². The number of amides is 1. The van der Waals surface area contributed by atoms with E-state index < -0.39 is 0 Å². The van der Waals surface area contributed by atoms with E-state index in [4.69, 9.17) is 5.11 Å². The molecule has 18 heavy (non-hydrogen) atoms. The second-order valence-electron chi connectivity index (χ2n) is 4.55. The number of nitrogens with zero attached hydrogens (tertiary/aromatic N) is 1. The number of aliphatic hydroxyl groups excluding tert-OH is 1. The molecule has 4 heteroatoms. The normalized spacial score (nSPS) is 12.5. The molecule has 0 aliphatic heterocycles. The molecule has 0 aliphatic carbocycles. The number of hydrogen-bond donors (Lipinski definition) is 2. The van der Waals surface area contributed by atoms with Crippen LogP contribution in [-0.2, 0) is 11.2 Å². The lowest BCUT2D eigenvalue weighted by Gasteiger charge is -2.21. The molecule has 0 saturated carbocycles. The Balaban J connectivity index is 2.64. The monoisotopic (exact) mass is 250 g/mol. The summed E-state index contributed by atoms with van der Waals surface area (Å²) in [5.41, 5.74) is 1.86. The number of hydrogen-bond acceptors (Lipinski definition) is 3. The maximum Gasteiger partial charge on any atom is 0.241 e. The van der Waals surface area contributed by atoms with Crippen molar-refractivity contribution in [2.75, 3.05) is 26.0 Å². The summed E-state index contributed by atoms with van der Waals surface area (Å²) in [4.78, 5) is 13.9. The second-order valence-corrected chi connectivity index (χ2v) is 4.55. The van der Waals surface area contributed by atoms with E-state index in [0.29, 0.717) is 6.42 Å². The molecule has 0 radical (unpaired) electrons. The third-order valence-electron chi connectivity index (χ3n) is 2.93. The van der Waals surface area contributed by atoms with Crippen molar-refractivity contribution in [2.24, 2.45) is 0 Å². The van der Waals surface area contributed by atoms with Gasteiger partial charge in [-0.15, -0.1) is 0 Å². The lowest BCUT2D eigenvalue weighted by Crippen LogP contribution is -2.39. The number of nitrogens with one attached hydrogen (secondary N) is 1. The molecule has 0 aliphatic rings. The van der Waals surface area contributed by atoms with E-state index in [0.717, 1.165) is 17.7 Å². The van der Waals surface area contributed by atoms with Crippen molar-refractivity contribution in [3.8, 4) is 0 Å². The topological polar surface area (TPSA) is 52.6 Å². The van der Waals surface area contributed by atoms with Gasteiger partial charge in [0.1, 0.15) is 0 Å². The van der Waals surface area contributed by atoms with Crippen molar-refractivity contribution in [1.82, 2.24) is 4.90 Å². The molecular weight excluding hydrogens is 228 g/mol. The van der Waals surface area contributed by atoms with E-state index in [1.54, 1.807) is 0 Å². The summed E-state index contributed by atoms with van der Waals surface area (Å²) in [6, 6.07) is 7.46. The molecule has 1 rings (SSSR count). The van der Waals surface area contributed by atoms with Crippen molar-refractivity contribution in [3.05, 3.63) is 29.8 Å². The van der Waals surface area contributed by atoms with Crippen LogP contribution in [0.25, 0.3) is 0 Å². The zero-order chi connectivity index (χ0) is 13.5. The Hall–Kier alpha value is -1.39. The van der Waals surface area contributed by atoms with E-state index in [-0.39, 0.29) is 18.6 Å². The molecule has 0 fully saturated rings. The van der Waals surface area contributed by atoms with Crippen LogP contribution in [0.3, 0.4) is 0 Å². The van der Waals surface area contributed by atoms with Crippen LogP contribution in [0.5, 0.6) is 0 Å². The Morgan fingerprint density at radius 2 is 1.94 bits per heavy atom. The standard InChI is InChI=1S/C14H22N2O2/c1-4-13(16(2)3)14(18)15-12-7-5-11(6-8-12)9-10-17/h5-8,13,17H,4,9-10H2,1-3H3,(H,15,18). The summed E-state index contributed by atoms with van der Waals surface area (Å²) in [5.74, 6) is 0.0115. The predicted octanol–water partition coefficient (Wildman–Crippen LogP) is 1.50. The maximum atomic E-state index is 12.0. The fraction of sp³-hybridized carbons (Fsp3) is 0.500. The van der Waals surface area contributed by atoms with E-state index in [1.165, 1.54) is 0 Å². The molecule has 1 aromatic rings. The number of likely N-dealkylation sites (N-methyl/N-ethyl adjacent to an activating group) is 1. The van der Waals surface area contributed by atoms with Gasteiger partial charge in [-0.1, -0.05) is 19.1 Å². The van der Waals surface area contributed by atoms with E-state index in [1.807, 2.05) is 50.2 Å². The molecule has 2 N–H and O–H groups in total. The first kappa shape index (κ1) is 14.7. The minimum atomic E-state index is -0.109. The summed E-state index contributed by atoms with van der Waals surface area (Å²) in [6.07, 6.45) is 1.42. The first-order chi connectivity index (χ1) is 8.58. The SMILES string of the molecule is CCC(C(=O)Nc1ccc(CCO)cc1)N(C)C. The quantitative estimate of drug-likeness (QED) is 0.804. The number of carbonyl (C=O) groups is 1. The van der Waals surface area contributed by atoms with Crippen molar-refractivity contribution in [3.63, 3.8) is 0 Å². The number of anilines is 1. The minimum Gasteiger partial charge on any atom is -0.396 e. The molecule has 0 spiro atoms. The lowest BCUT2D eigenvalue weighted by atomic mass is 10.1. The van der Waals surface area contributed by atoms with Gasteiger partial charge >= 0.3 is 0 Å². The molecule has 1 unspecified atom stereocenters. The first-order valence-electron chi connectivity index (χ1n) is 6.25. The fourth-order valence-electron chi connectivity index (χ4n) is 1.89. The molecule has 0 bridgehead atoms. The Labute approximate surface area is 109 Å². The van der Waals surface area contributed by atoms with Crippen LogP contribution >= 0.6 is 0 Å². The van der Waals surface area contributed by atoms with Gasteiger partial charge in [-0.25, -0.2) is 0 Å². The molecular formula is C14H22N2O2. The molecule has 100 valence electrons. The van der Waals surface area contributed by atoms with Gasteiger partial charge in [0.15, 0.2) is 0 Å². The summed E-state index contributed by atoms with van der Waals surface area (Å²) in [6.45, 7) is 2.14. The highest BCUT2D eigenvalue weighted by molar-refractivity contribution is 5.94. The molecule has 1 amide bonds. The van der Waals surface area contributed by atoms with Gasteiger partial charge in [-0.05, 0) is 44.6 Å². The van der Waals surface area contributed by atoms with Crippen LogP contribution < -0.4 is 5.32 Å². The number of carbonyl (C=O) groups excluding carboxylic acids is 1. The number of aliphatic hydroxyl groups is 1. The van der Waals surface area contributed by atoms with Gasteiger partial charge in [0.2, 0.25) is 5.91 Å². The van der Waals surface area contributed by atoms with Crippen molar-refractivity contribution in [2.45, 2.75) is 25.8 Å². The van der Waals surface area contributed by atoms with Gasteiger partial charge in [0, 0.05) is 12.3 Å². The van der Waals surface area contributed by atoms with Crippen LogP contribution in [0.2, 0.25) is 0 Å². The highest BCUT2D eigenvalue weighted by Gasteiger charge is 2.18. The Morgan fingerprint density at radius 3 is 2.39 bits per heavy atom. The molecule has 1 aromatic carbocycles. The smallest absolute Gasteiger partial charge is 0.241 e. The molecule has 1 atom stereocenters. The zero-order valence-electron chi connectivity index (χ0n) is 11.3. The maximum absolute atomic E-state index is 12.0. The summed E-state index contributed by atoms with van der Waals surface area (Å²) in [7, 11) is 3.80. The summed E-state index contributed by atoms with van der Waals surface area (Å²) < 4.78 is 0. The van der Waals surface area contributed by atoms with Gasteiger partial charge in [0.05, 0.1) is 6.04 Å². The fourth-order valence-corrected chi connectivity index (χ4v) is 1.89. The van der Waals surface area contributed by atoms with Crippen LogP contribution in [0.1, 0.15) is 18.9 Å². The van der Waals surface area contributed by atoms with Crippen molar-refractivity contribution >= 4 is 11.6 Å². The number of rotatable bonds is 6. The van der Waals surface area contributed by atoms with Gasteiger partial charge in [-0.3, -0.25) is 9.69 Å². The Kier molecular flexibility index (Phi) is 5.82. The van der Waals surface area contributed by atoms with Gasteiger partial charge in [0.25, 0.3) is 0 Å². The third kappa shape index (κ3) is 4.13. The van der Waals surface area contributed by atoms with Crippen LogP contribution in [0.4, 0.5) is 5.69 Å². The van der Waals surface area contributed by atoms with E-state index in [2.05, 4.69) is 5.32 Å². The molecule has 0 aromatic heterocycles. The molecule has 0 heterocycles.